The average molecular weight is 289 g/mol. The van der Waals surface area contributed by atoms with Crippen LogP contribution in [-0.4, -0.2) is 22.8 Å². The molecule has 0 heterocycles. The molecule has 1 aromatic carbocycles. The quantitative estimate of drug-likeness (QED) is 0.508. The SMILES string of the molecule is CC(=NOC(=NC(C)(C)C)NC(C)(C)C)c1ccccc1. The zero-order valence-electron chi connectivity index (χ0n) is 14.2. The molecule has 0 aliphatic rings. The molecule has 4 nitrogen and oxygen atoms in total. The van der Waals surface area contributed by atoms with Gasteiger partial charge in [0, 0.05) is 5.54 Å². The molecule has 0 atom stereocenters. The van der Waals surface area contributed by atoms with Crippen molar-refractivity contribution in [1.82, 2.24) is 5.32 Å². The maximum atomic E-state index is 5.54. The molecule has 0 saturated heterocycles. The second-order valence-electron chi connectivity index (χ2n) is 7.10. The average Bonchev–Trinajstić information content (AvgIpc) is 2.33. The van der Waals surface area contributed by atoms with E-state index in [2.05, 4.69) is 36.2 Å². The minimum absolute atomic E-state index is 0.139. The molecule has 21 heavy (non-hydrogen) atoms. The molecular weight excluding hydrogens is 262 g/mol. The van der Waals surface area contributed by atoms with Crippen molar-refractivity contribution in [2.45, 2.75) is 59.5 Å². The van der Waals surface area contributed by atoms with Crippen molar-refractivity contribution < 1.29 is 4.84 Å². The summed E-state index contributed by atoms with van der Waals surface area (Å²) in [6, 6.07) is 10.4. The van der Waals surface area contributed by atoms with E-state index in [-0.39, 0.29) is 11.1 Å². The molecule has 0 aliphatic heterocycles. The summed E-state index contributed by atoms with van der Waals surface area (Å²) in [7, 11) is 0. The van der Waals surface area contributed by atoms with Gasteiger partial charge in [0.1, 0.15) is 0 Å². The first-order valence-corrected chi connectivity index (χ1v) is 7.22. The smallest absolute Gasteiger partial charge is 0.315 e. The van der Waals surface area contributed by atoms with E-state index in [1.54, 1.807) is 0 Å². The van der Waals surface area contributed by atoms with Crippen LogP contribution in [0.1, 0.15) is 54.0 Å². The lowest BCUT2D eigenvalue weighted by Crippen LogP contribution is -2.42. The van der Waals surface area contributed by atoms with E-state index in [9.17, 15) is 0 Å². The molecule has 0 unspecified atom stereocenters. The fourth-order valence-corrected chi connectivity index (χ4v) is 1.54. The monoisotopic (exact) mass is 289 g/mol. The van der Waals surface area contributed by atoms with Gasteiger partial charge in [0.05, 0.1) is 11.3 Å². The Bertz CT molecular complexity index is 505. The summed E-state index contributed by atoms with van der Waals surface area (Å²) >= 11 is 0. The highest BCUT2D eigenvalue weighted by Gasteiger charge is 2.17. The van der Waals surface area contributed by atoms with Crippen LogP contribution in [-0.2, 0) is 4.84 Å². The molecule has 0 radical (unpaired) electrons. The van der Waals surface area contributed by atoms with E-state index in [1.807, 2.05) is 58.0 Å². The maximum absolute atomic E-state index is 5.54. The van der Waals surface area contributed by atoms with Crippen LogP contribution in [0, 0.1) is 0 Å². The Balaban J connectivity index is 2.90. The molecule has 0 amide bonds. The van der Waals surface area contributed by atoms with Crippen LogP contribution in [0.25, 0.3) is 0 Å². The number of aliphatic imine (C=N–C) groups is 1. The summed E-state index contributed by atoms with van der Waals surface area (Å²) in [5.74, 6) is 0. The van der Waals surface area contributed by atoms with Gasteiger partial charge >= 0.3 is 6.02 Å². The lowest BCUT2D eigenvalue weighted by atomic mass is 10.1. The number of benzene rings is 1. The van der Waals surface area contributed by atoms with Crippen LogP contribution in [0.5, 0.6) is 0 Å². The first kappa shape index (κ1) is 17.2. The lowest BCUT2D eigenvalue weighted by Gasteiger charge is -2.23. The number of rotatable bonds is 2. The van der Waals surface area contributed by atoms with Gasteiger partial charge in [-0.3, -0.25) is 0 Å². The van der Waals surface area contributed by atoms with E-state index in [0.29, 0.717) is 6.02 Å². The standard InChI is InChI=1S/C17H27N3O/c1-13(14-11-9-8-10-12-14)20-21-15(18-16(2,3)4)19-17(5,6)7/h8-12H,1-7H3,(H,18,19). The Labute approximate surface area is 128 Å². The summed E-state index contributed by atoms with van der Waals surface area (Å²) in [5.41, 5.74) is 1.47. The van der Waals surface area contributed by atoms with E-state index in [0.717, 1.165) is 11.3 Å². The zero-order chi connectivity index (χ0) is 16.1. The van der Waals surface area contributed by atoms with Crippen molar-refractivity contribution in [2.24, 2.45) is 10.1 Å². The van der Waals surface area contributed by atoms with E-state index < -0.39 is 0 Å². The molecule has 0 bridgehead atoms. The number of amidine groups is 1. The van der Waals surface area contributed by atoms with Crippen molar-refractivity contribution in [2.75, 3.05) is 0 Å². The van der Waals surface area contributed by atoms with Crippen LogP contribution >= 0.6 is 0 Å². The molecule has 116 valence electrons. The third-order valence-electron chi connectivity index (χ3n) is 2.38. The minimum atomic E-state index is -0.232. The first-order valence-electron chi connectivity index (χ1n) is 7.22. The number of nitrogens with zero attached hydrogens (tertiary/aromatic N) is 2. The molecule has 1 N–H and O–H groups in total. The maximum Gasteiger partial charge on any atom is 0.315 e. The van der Waals surface area contributed by atoms with Gasteiger partial charge in [0.25, 0.3) is 0 Å². The molecule has 4 heteroatoms. The molecule has 1 rings (SSSR count). The Morgan fingerprint density at radius 3 is 2.05 bits per heavy atom. The highest BCUT2D eigenvalue weighted by molar-refractivity contribution is 5.98. The Morgan fingerprint density at radius 2 is 1.57 bits per heavy atom. The largest absolute Gasteiger partial charge is 0.334 e. The minimum Gasteiger partial charge on any atom is -0.334 e. The van der Waals surface area contributed by atoms with Crippen molar-refractivity contribution in [3.63, 3.8) is 0 Å². The third-order valence-corrected chi connectivity index (χ3v) is 2.38. The number of nitrogens with one attached hydrogen (secondary N) is 1. The van der Waals surface area contributed by atoms with Crippen LogP contribution in [0.2, 0.25) is 0 Å². The van der Waals surface area contributed by atoms with Crippen LogP contribution in [0.4, 0.5) is 0 Å². The Hall–Kier alpha value is -1.84. The van der Waals surface area contributed by atoms with Gasteiger partial charge in [-0.05, 0) is 54.0 Å². The second-order valence-corrected chi connectivity index (χ2v) is 7.10. The van der Waals surface area contributed by atoms with Gasteiger partial charge in [-0.25, -0.2) is 4.99 Å². The third kappa shape index (κ3) is 7.49. The lowest BCUT2D eigenvalue weighted by molar-refractivity contribution is 0.286. The first-order chi connectivity index (χ1) is 9.57. The predicted octanol–water partition coefficient (Wildman–Crippen LogP) is 3.97. The summed E-state index contributed by atoms with van der Waals surface area (Å²) in [6.45, 7) is 14.2. The van der Waals surface area contributed by atoms with Crippen molar-refractivity contribution in [3.8, 4) is 0 Å². The fraction of sp³-hybridized carbons (Fsp3) is 0.529. The number of oxime groups is 1. The second kappa shape index (κ2) is 6.74. The molecule has 0 aliphatic carbocycles. The predicted molar refractivity (Wildman–Crippen MR) is 89.8 cm³/mol. The molecule has 1 aromatic rings. The number of hydrogen-bond donors (Lipinski definition) is 1. The molecule has 0 saturated carbocycles. The summed E-state index contributed by atoms with van der Waals surface area (Å²) < 4.78 is 0. The van der Waals surface area contributed by atoms with Crippen LogP contribution in [0.3, 0.4) is 0 Å². The zero-order valence-corrected chi connectivity index (χ0v) is 14.2. The Kier molecular flexibility index (Phi) is 5.53. The van der Waals surface area contributed by atoms with Gasteiger partial charge in [-0.2, -0.15) is 0 Å². The highest BCUT2D eigenvalue weighted by atomic mass is 16.6. The van der Waals surface area contributed by atoms with E-state index >= 15 is 0 Å². The van der Waals surface area contributed by atoms with Gasteiger partial charge in [-0.15, -0.1) is 0 Å². The summed E-state index contributed by atoms with van der Waals surface area (Å²) in [4.78, 5) is 10.1. The molecule has 0 spiro atoms. The number of hydrogen-bond acceptors (Lipinski definition) is 3. The fourth-order valence-electron chi connectivity index (χ4n) is 1.54. The van der Waals surface area contributed by atoms with Crippen molar-refractivity contribution in [1.29, 1.82) is 0 Å². The van der Waals surface area contributed by atoms with E-state index in [1.165, 1.54) is 0 Å². The van der Waals surface area contributed by atoms with Crippen LogP contribution in [0.15, 0.2) is 40.5 Å². The van der Waals surface area contributed by atoms with Crippen LogP contribution < -0.4 is 5.32 Å². The molecular formula is C17H27N3O. The van der Waals surface area contributed by atoms with Gasteiger partial charge in [0.2, 0.25) is 0 Å². The summed E-state index contributed by atoms with van der Waals surface area (Å²) in [5, 5.41) is 7.43. The van der Waals surface area contributed by atoms with Gasteiger partial charge < -0.3 is 10.2 Å². The normalized spacial score (nSPS) is 14.0. The van der Waals surface area contributed by atoms with E-state index in [4.69, 9.17) is 4.84 Å². The van der Waals surface area contributed by atoms with Gasteiger partial charge in [0.15, 0.2) is 0 Å². The highest BCUT2D eigenvalue weighted by Crippen LogP contribution is 2.09. The molecule has 0 aromatic heterocycles. The van der Waals surface area contributed by atoms with Crippen molar-refractivity contribution in [3.05, 3.63) is 35.9 Å². The van der Waals surface area contributed by atoms with Gasteiger partial charge in [-0.1, -0.05) is 35.5 Å². The Morgan fingerprint density at radius 1 is 1.00 bits per heavy atom. The summed E-state index contributed by atoms with van der Waals surface area (Å²) in [6.07, 6.45) is 0. The molecule has 0 fully saturated rings. The topological polar surface area (TPSA) is 46.0 Å². The van der Waals surface area contributed by atoms with Crippen molar-refractivity contribution >= 4 is 11.7 Å².